The highest BCUT2D eigenvalue weighted by molar-refractivity contribution is 5.85. The van der Waals surface area contributed by atoms with Crippen LogP contribution in [0.25, 0.3) is 10.8 Å². The smallest absolute Gasteiger partial charge is 0.224 e. The van der Waals surface area contributed by atoms with Gasteiger partial charge < -0.3 is 15.7 Å². The summed E-state index contributed by atoms with van der Waals surface area (Å²) in [5.41, 5.74) is 1.86. The Hall–Kier alpha value is -3.18. The Kier molecular flexibility index (Phi) is 7.09. The number of aliphatic hydroxyl groups is 1. The first kappa shape index (κ1) is 23.0. The largest absolute Gasteiger partial charge is 0.391 e. The van der Waals surface area contributed by atoms with E-state index < -0.39 is 6.10 Å². The van der Waals surface area contributed by atoms with Gasteiger partial charge in [-0.1, -0.05) is 72.8 Å². The number of rotatable bonds is 6. The van der Waals surface area contributed by atoms with Gasteiger partial charge in [-0.3, -0.25) is 9.59 Å². The van der Waals surface area contributed by atoms with Crippen molar-refractivity contribution >= 4 is 22.6 Å². The van der Waals surface area contributed by atoms with Crippen LogP contribution < -0.4 is 10.6 Å². The zero-order valence-electron chi connectivity index (χ0n) is 19.1. The van der Waals surface area contributed by atoms with Crippen LogP contribution in [-0.2, 0) is 21.4 Å². The summed E-state index contributed by atoms with van der Waals surface area (Å²) in [6.07, 6.45) is 2.48. The summed E-state index contributed by atoms with van der Waals surface area (Å²) in [5, 5.41) is 19.0. The number of carbonyl (C=O) groups is 2. The summed E-state index contributed by atoms with van der Waals surface area (Å²) in [7, 11) is 0. The minimum Gasteiger partial charge on any atom is -0.391 e. The molecule has 33 heavy (non-hydrogen) atoms. The van der Waals surface area contributed by atoms with Crippen molar-refractivity contribution in [1.29, 1.82) is 0 Å². The van der Waals surface area contributed by atoms with Crippen LogP contribution in [0.3, 0.4) is 0 Å². The predicted octanol–water partition coefficient (Wildman–Crippen LogP) is 3.88. The van der Waals surface area contributed by atoms with E-state index in [4.69, 9.17) is 0 Å². The van der Waals surface area contributed by atoms with Gasteiger partial charge in [-0.05, 0) is 47.6 Å². The third-order valence-electron chi connectivity index (χ3n) is 6.89. The molecule has 172 valence electrons. The van der Waals surface area contributed by atoms with E-state index in [-0.39, 0.29) is 23.3 Å². The standard InChI is InChI=1S/C28H32N2O3/c1-20(31)30-25-13-15-28(16-14-26(25)32,24-9-3-2-4-10-24)19-29-27(33)18-21-11-12-22-7-5-6-8-23(22)17-21/h2-12,17,25-26,32H,13-16,18-19H2,1H3,(H,29,33)(H,30,31)/t25-,26-,28-/m0/s1. The van der Waals surface area contributed by atoms with Gasteiger partial charge in [0.05, 0.1) is 18.6 Å². The van der Waals surface area contributed by atoms with Gasteiger partial charge in [0, 0.05) is 18.9 Å². The molecule has 3 N–H and O–H groups in total. The molecule has 0 bridgehead atoms. The van der Waals surface area contributed by atoms with Crippen LogP contribution in [0.15, 0.2) is 72.8 Å². The topological polar surface area (TPSA) is 78.4 Å². The van der Waals surface area contributed by atoms with E-state index in [0.717, 1.165) is 34.7 Å². The summed E-state index contributed by atoms with van der Waals surface area (Å²) in [6, 6.07) is 24.2. The number of hydrogen-bond acceptors (Lipinski definition) is 3. The van der Waals surface area contributed by atoms with Gasteiger partial charge in [0.15, 0.2) is 0 Å². The number of aliphatic hydroxyl groups excluding tert-OH is 1. The lowest BCUT2D eigenvalue weighted by molar-refractivity contribution is -0.121. The van der Waals surface area contributed by atoms with Crippen LogP contribution in [0.1, 0.15) is 43.7 Å². The average Bonchev–Trinajstić information content (AvgIpc) is 2.98. The molecule has 1 fully saturated rings. The Labute approximate surface area is 195 Å². The number of amides is 2. The van der Waals surface area contributed by atoms with Gasteiger partial charge >= 0.3 is 0 Å². The molecule has 0 spiro atoms. The predicted molar refractivity (Wildman–Crippen MR) is 131 cm³/mol. The van der Waals surface area contributed by atoms with Gasteiger partial charge in [0.2, 0.25) is 11.8 Å². The summed E-state index contributed by atoms with van der Waals surface area (Å²) in [4.78, 5) is 24.5. The Morgan fingerprint density at radius 2 is 1.64 bits per heavy atom. The Bertz CT molecular complexity index is 1110. The summed E-state index contributed by atoms with van der Waals surface area (Å²) in [5.74, 6) is -0.140. The van der Waals surface area contributed by atoms with Gasteiger partial charge in [-0.2, -0.15) is 0 Å². The number of carbonyl (C=O) groups excluding carboxylic acids is 2. The van der Waals surface area contributed by atoms with Gasteiger partial charge in [0.1, 0.15) is 0 Å². The molecule has 1 saturated carbocycles. The van der Waals surface area contributed by atoms with Crippen LogP contribution in [0.4, 0.5) is 0 Å². The molecule has 0 radical (unpaired) electrons. The molecule has 3 aromatic rings. The number of hydrogen-bond donors (Lipinski definition) is 3. The maximum Gasteiger partial charge on any atom is 0.224 e. The number of fused-ring (bicyclic) bond motifs is 1. The van der Waals surface area contributed by atoms with E-state index in [0.29, 0.717) is 25.8 Å². The van der Waals surface area contributed by atoms with Crippen molar-refractivity contribution < 1.29 is 14.7 Å². The Morgan fingerprint density at radius 1 is 0.939 bits per heavy atom. The first-order valence-corrected chi connectivity index (χ1v) is 11.7. The molecule has 1 aliphatic rings. The summed E-state index contributed by atoms with van der Waals surface area (Å²) < 4.78 is 0. The average molecular weight is 445 g/mol. The highest BCUT2D eigenvalue weighted by Crippen LogP contribution is 2.38. The number of nitrogens with one attached hydrogen (secondary N) is 2. The van der Waals surface area contributed by atoms with E-state index in [1.54, 1.807) is 0 Å². The second-order valence-electron chi connectivity index (χ2n) is 9.23. The molecule has 0 heterocycles. The molecular weight excluding hydrogens is 412 g/mol. The molecule has 2 amide bonds. The van der Waals surface area contributed by atoms with Gasteiger partial charge in [-0.15, -0.1) is 0 Å². The van der Waals surface area contributed by atoms with Crippen molar-refractivity contribution in [3.63, 3.8) is 0 Å². The SMILES string of the molecule is CC(=O)N[C@H]1CC[C@](CNC(=O)Cc2ccc3ccccc3c2)(c2ccccc2)CC[C@@H]1O. The van der Waals surface area contributed by atoms with Crippen LogP contribution >= 0.6 is 0 Å². The zero-order valence-corrected chi connectivity index (χ0v) is 19.1. The van der Waals surface area contributed by atoms with E-state index in [1.165, 1.54) is 6.92 Å². The second kappa shape index (κ2) is 10.2. The molecule has 3 atom stereocenters. The molecule has 3 aromatic carbocycles. The van der Waals surface area contributed by atoms with Crippen LogP contribution in [-0.4, -0.2) is 35.6 Å². The minimum absolute atomic E-state index is 0.0104. The Morgan fingerprint density at radius 3 is 2.39 bits per heavy atom. The summed E-state index contributed by atoms with van der Waals surface area (Å²) in [6.45, 7) is 1.98. The lowest BCUT2D eigenvalue weighted by atomic mass is 9.74. The fourth-order valence-electron chi connectivity index (χ4n) is 5.03. The molecule has 5 nitrogen and oxygen atoms in total. The maximum absolute atomic E-state index is 12.9. The van der Waals surface area contributed by atoms with E-state index in [2.05, 4.69) is 47.0 Å². The molecule has 0 unspecified atom stereocenters. The quantitative estimate of drug-likeness (QED) is 0.505. The fourth-order valence-corrected chi connectivity index (χ4v) is 5.03. The van der Waals surface area contributed by atoms with Crippen molar-refractivity contribution in [2.45, 2.75) is 56.6 Å². The molecule has 0 aliphatic heterocycles. The lowest BCUT2D eigenvalue weighted by Crippen LogP contribution is -2.42. The highest BCUT2D eigenvalue weighted by Gasteiger charge is 2.38. The molecule has 4 rings (SSSR count). The van der Waals surface area contributed by atoms with Crippen LogP contribution in [0.5, 0.6) is 0 Å². The normalized spacial score (nSPS) is 23.0. The second-order valence-corrected chi connectivity index (χ2v) is 9.23. The van der Waals surface area contributed by atoms with E-state index >= 15 is 0 Å². The van der Waals surface area contributed by atoms with Crippen molar-refractivity contribution in [2.24, 2.45) is 0 Å². The first-order valence-electron chi connectivity index (χ1n) is 11.7. The number of benzene rings is 3. The fraction of sp³-hybridized carbons (Fsp3) is 0.357. The zero-order chi connectivity index (χ0) is 23.3. The van der Waals surface area contributed by atoms with E-state index in [1.807, 2.05) is 36.4 Å². The van der Waals surface area contributed by atoms with Crippen molar-refractivity contribution in [1.82, 2.24) is 10.6 Å². The highest BCUT2D eigenvalue weighted by atomic mass is 16.3. The van der Waals surface area contributed by atoms with Crippen LogP contribution in [0, 0.1) is 0 Å². The van der Waals surface area contributed by atoms with Crippen molar-refractivity contribution in [2.75, 3.05) is 6.54 Å². The van der Waals surface area contributed by atoms with Gasteiger partial charge in [0.25, 0.3) is 0 Å². The maximum atomic E-state index is 12.9. The van der Waals surface area contributed by atoms with Gasteiger partial charge in [-0.25, -0.2) is 0 Å². The van der Waals surface area contributed by atoms with Crippen molar-refractivity contribution in [3.05, 3.63) is 83.9 Å². The molecular formula is C28H32N2O3. The van der Waals surface area contributed by atoms with E-state index in [9.17, 15) is 14.7 Å². The molecule has 1 aliphatic carbocycles. The summed E-state index contributed by atoms with van der Waals surface area (Å²) >= 11 is 0. The molecule has 0 aromatic heterocycles. The molecule has 5 heteroatoms. The lowest BCUT2D eigenvalue weighted by Gasteiger charge is -2.34. The monoisotopic (exact) mass is 444 g/mol. The minimum atomic E-state index is -0.590. The third-order valence-corrected chi connectivity index (χ3v) is 6.89. The first-order chi connectivity index (χ1) is 15.9. The Balaban J connectivity index is 1.48. The van der Waals surface area contributed by atoms with Crippen molar-refractivity contribution in [3.8, 4) is 0 Å². The third kappa shape index (κ3) is 5.60. The molecule has 0 saturated heterocycles. The van der Waals surface area contributed by atoms with Crippen LogP contribution in [0.2, 0.25) is 0 Å².